The zero-order valence-corrected chi connectivity index (χ0v) is 5.28. The molecule has 5 N–H and O–H groups in total. The Morgan fingerprint density at radius 2 is 2.40 bits per heavy atom. The molecule has 0 aromatic heterocycles. The van der Waals surface area contributed by atoms with Gasteiger partial charge in [-0.3, -0.25) is 5.43 Å². The van der Waals surface area contributed by atoms with Gasteiger partial charge in [0.15, 0.2) is 0 Å². The lowest BCUT2D eigenvalue weighted by atomic mass is 10.4. The van der Waals surface area contributed by atoms with Gasteiger partial charge in [0.25, 0.3) is 0 Å². The summed E-state index contributed by atoms with van der Waals surface area (Å²) in [6.45, 7) is -0.711. The second-order valence-corrected chi connectivity index (χ2v) is 1.58. The van der Waals surface area contributed by atoms with Crippen LogP contribution in [0, 0.1) is 0 Å². The van der Waals surface area contributed by atoms with Crippen LogP contribution in [0.2, 0.25) is 0 Å². The maximum atomic E-state index is 10.2. The van der Waals surface area contributed by atoms with Crippen LogP contribution in [0.25, 0.3) is 0 Å². The second-order valence-electron chi connectivity index (χ2n) is 1.58. The third-order valence-corrected chi connectivity index (χ3v) is 0.735. The molecule has 0 saturated heterocycles. The first kappa shape index (κ1) is 9.15. The first-order valence-electron chi connectivity index (χ1n) is 2.63. The van der Waals surface area contributed by atoms with Gasteiger partial charge >= 0.3 is 6.09 Å². The van der Waals surface area contributed by atoms with Crippen molar-refractivity contribution in [3.8, 4) is 0 Å². The van der Waals surface area contributed by atoms with E-state index >= 15 is 0 Å². The van der Waals surface area contributed by atoms with Gasteiger partial charge in [0.1, 0.15) is 12.7 Å². The van der Waals surface area contributed by atoms with Crippen molar-refractivity contribution in [1.29, 1.82) is 0 Å². The zero-order valence-electron chi connectivity index (χ0n) is 5.28. The minimum atomic E-state index is -1.04. The quantitative estimate of drug-likeness (QED) is 0.210. The third kappa shape index (κ3) is 4.07. The molecule has 1 unspecified atom stereocenters. The molecular formula is C4H10N2O4. The molecule has 0 aliphatic rings. The summed E-state index contributed by atoms with van der Waals surface area (Å²) in [7, 11) is 0. The fourth-order valence-electron chi connectivity index (χ4n) is 0.266. The van der Waals surface area contributed by atoms with Crippen molar-refractivity contribution < 1.29 is 19.7 Å². The number of hydrazine groups is 1. The van der Waals surface area contributed by atoms with Crippen molar-refractivity contribution in [1.82, 2.24) is 5.43 Å². The van der Waals surface area contributed by atoms with E-state index in [1.54, 1.807) is 5.43 Å². The molecule has 0 fully saturated rings. The number of rotatable bonds is 3. The topological polar surface area (TPSA) is 105 Å². The van der Waals surface area contributed by atoms with Crippen LogP contribution in [-0.4, -0.2) is 35.6 Å². The van der Waals surface area contributed by atoms with Gasteiger partial charge < -0.3 is 14.9 Å². The predicted molar refractivity (Wildman–Crippen MR) is 31.8 cm³/mol. The molecule has 0 spiro atoms. The highest BCUT2D eigenvalue weighted by Crippen LogP contribution is 1.82. The van der Waals surface area contributed by atoms with Crippen molar-refractivity contribution >= 4 is 6.09 Å². The van der Waals surface area contributed by atoms with Crippen LogP contribution in [0.4, 0.5) is 4.79 Å². The molecule has 6 heteroatoms. The van der Waals surface area contributed by atoms with Gasteiger partial charge in [0.05, 0.1) is 6.61 Å². The summed E-state index contributed by atoms with van der Waals surface area (Å²) in [4.78, 5) is 10.2. The second kappa shape index (κ2) is 4.98. The molecule has 1 atom stereocenters. The lowest BCUT2D eigenvalue weighted by molar-refractivity contribution is 0.0322. The summed E-state index contributed by atoms with van der Waals surface area (Å²) in [5.41, 5.74) is 1.69. The van der Waals surface area contributed by atoms with Gasteiger partial charge in [-0.15, -0.1) is 0 Å². The van der Waals surface area contributed by atoms with Crippen molar-refractivity contribution in [3.63, 3.8) is 0 Å². The monoisotopic (exact) mass is 150 g/mol. The van der Waals surface area contributed by atoms with E-state index in [1.165, 1.54) is 0 Å². The summed E-state index contributed by atoms with van der Waals surface area (Å²) < 4.78 is 4.26. The SMILES string of the molecule is NNC(=O)OCC(O)CO. The third-order valence-electron chi connectivity index (χ3n) is 0.735. The van der Waals surface area contributed by atoms with Gasteiger partial charge in [-0.2, -0.15) is 0 Å². The van der Waals surface area contributed by atoms with Crippen LogP contribution in [0.5, 0.6) is 0 Å². The molecule has 0 aromatic rings. The molecule has 0 bridgehead atoms. The Morgan fingerprint density at radius 1 is 1.80 bits per heavy atom. The molecule has 0 aliphatic carbocycles. The number of carbonyl (C=O) groups excluding carboxylic acids is 1. The maximum Gasteiger partial charge on any atom is 0.421 e. The molecule has 0 rings (SSSR count). The summed E-state index contributed by atoms with van der Waals surface area (Å²) in [5.74, 6) is 4.63. The Labute approximate surface area is 57.6 Å². The molecular weight excluding hydrogens is 140 g/mol. The largest absolute Gasteiger partial charge is 0.446 e. The van der Waals surface area contributed by atoms with Crippen LogP contribution >= 0.6 is 0 Å². The van der Waals surface area contributed by atoms with E-state index in [-0.39, 0.29) is 6.61 Å². The molecule has 0 heterocycles. The first-order chi connectivity index (χ1) is 4.70. The molecule has 0 radical (unpaired) electrons. The van der Waals surface area contributed by atoms with E-state index in [0.717, 1.165) is 0 Å². The molecule has 0 aliphatic heterocycles. The van der Waals surface area contributed by atoms with Gasteiger partial charge in [0.2, 0.25) is 0 Å². The lowest BCUT2D eigenvalue weighted by Gasteiger charge is -2.06. The van der Waals surface area contributed by atoms with Crippen molar-refractivity contribution in [2.24, 2.45) is 5.84 Å². The van der Waals surface area contributed by atoms with E-state index in [1.807, 2.05) is 0 Å². The highest BCUT2D eigenvalue weighted by molar-refractivity contribution is 5.66. The van der Waals surface area contributed by atoms with E-state index in [4.69, 9.17) is 10.2 Å². The van der Waals surface area contributed by atoms with E-state index < -0.39 is 18.8 Å². The van der Waals surface area contributed by atoms with Gasteiger partial charge in [-0.25, -0.2) is 10.6 Å². The van der Waals surface area contributed by atoms with Crippen LogP contribution in [0.3, 0.4) is 0 Å². The summed E-state index contributed by atoms with van der Waals surface area (Å²) in [5, 5.41) is 16.8. The lowest BCUT2D eigenvalue weighted by Crippen LogP contribution is -2.33. The standard InChI is InChI=1S/C4H10N2O4/c5-6-4(9)10-2-3(8)1-7/h3,7-8H,1-2,5H2,(H,6,9). The smallest absolute Gasteiger partial charge is 0.421 e. The average Bonchev–Trinajstić information content (AvgIpc) is 1.99. The van der Waals surface area contributed by atoms with E-state index in [9.17, 15) is 4.79 Å². The highest BCUT2D eigenvalue weighted by atomic mass is 16.6. The number of aliphatic hydroxyl groups is 2. The van der Waals surface area contributed by atoms with Crippen molar-refractivity contribution in [2.75, 3.05) is 13.2 Å². The van der Waals surface area contributed by atoms with Gasteiger partial charge in [-0.1, -0.05) is 0 Å². The zero-order chi connectivity index (χ0) is 7.98. The normalized spacial score (nSPS) is 12.3. The molecule has 10 heavy (non-hydrogen) atoms. The summed E-state index contributed by atoms with van der Waals surface area (Å²) >= 11 is 0. The van der Waals surface area contributed by atoms with Crippen LogP contribution in [-0.2, 0) is 4.74 Å². The molecule has 6 nitrogen and oxygen atoms in total. The van der Waals surface area contributed by atoms with Crippen molar-refractivity contribution in [2.45, 2.75) is 6.10 Å². The summed E-state index contributed by atoms with van der Waals surface area (Å²) in [6, 6.07) is 0. The number of hydrogen-bond acceptors (Lipinski definition) is 5. The highest BCUT2D eigenvalue weighted by Gasteiger charge is 2.04. The maximum absolute atomic E-state index is 10.2. The Bertz CT molecular complexity index is 107. The van der Waals surface area contributed by atoms with Crippen LogP contribution in [0.1, 0.15) is 0 Å². The predicted octanol–water partition coefficient (Wildman–Crippen LogP) is -2.06. The van der Waals surface area contributed by atoms with Gasteiger partial charge in [-0.05, 0) is 0 Å². The Morgan fingerprint density at radius 3 is 2.80 bits per heavy atom. The van der Waals surface area contributed by atoms with Crippen LogP contribution < -0.4 is 11.3 Å². The molecule has 0 aromatic carbocycles. The number of nitrogens with one attached hydrogen (secondary N) is 1. The number of ether oxygens (including phenoxy) is 1. The number of carbonyl (C=O) groups is 1. The fraction of sp³-hybridized carbons (Fsp3) is 0.750. The molecule has 1 amide bonds. The average molecular weight is 150 g/mol. The minimum Gasteiger partial charge on any atom is -0.446 e. The van der Waals surface area contributed by atoms with Crippen molar-refractivity contribution in [3.05, 3.63) is 0 Å². The fourth-order valence-corrected chi connectivity index (χ4v) is 0.266. The first-order valence-corrected chi connectivity index (χ1v) is 2.63. The van der Waals surface area contributed by atoms with E-state index in [0.29, 0.717) is 0 Å². The number of amides is 1. The van der Waals surface area contributed by atoms with Gasteiger partial charge in [0, 0.05) is 0 Å². The van der Waals surface area contributed by atoms with E-state index in [2.05, 4.69) is 10.6 Å². The number of nitrogens with two attached hydrogens (primary N) is 1. The molecule has 0 saturated carbocycles. The number of aliphatic hydroxyl groups excluding tert-OH is 2. The van der Waals surface area contributed by atoms with Crippen LogP contribution in [0.15, 0.2) is 0 Å². The Hall–Kier alpha value is -0.850. The Balaban J connectivity index is 3.26. The minimum absolute atomic E-state index is 0.264. The number of hydrogen-bond donors (Lipinski definition) is 4. The summed E-state index contributed by atoms with van der Waals surface area (Å²) in [6.07, 6.45) is -1.88. The molecule has 60 valence electrons. The Kier molecular flexibility index (Phi) is 4.55.